The molecule has 2 N–H and O–H groups in total. The lowest BCUT2D eigenvalue weighted by atomic mass is 10.3. The van der Waals surface area contributed by atoms with Crippen LogP contribution in [0.5, 0.6) is 11.5 Å². The van der Waals surface area contributed by atoms with Crippen molar-refractivity contribution in [2.45, 2.75) is 13.2 Å². The fourth-order valence-electron chi connectivity index (χ4n) is 2.22. The Kier molecular flexibility index (Phi) is 5.45. The summed E-state index contributed by atoms with van der Waals surface area (Å²) >= 11 is 1.28. The normalized spacial score (nSPS) is 13.7. The molecule has 11 heteroatoms. The summed E-state index contributed by atoms with van der Waals surface area (Å²) in [6, 6.07) is 7.10. The van der Waals surface area contributed by atoms with Gasteiger partial charge >= 0.3 is 12.3 Å². The first kappa shape index (κ1) is 19.5. The van der Waals surface area contributed by atoms with Gasteiger partial charge in [-0.05, 0) is 31.2 Å². The van der Waals surface area contributed by atoms with Crippen molar-refractivity contribution in [3.8, 4) is 11.5 Å². The minimum absolute atomic E-state index is 0.155. The molecule has 2 amide bonds. The van der Waals surface area contributed by atoms with Crippen LogP contribution in [0.3, 0.4) is 0 Å². The Balaban J connectivity index is 1.42. The molecular formula is C17H14F2N2O6S. The second-order valence-corrected chi connectivity index (χ2v) is 6.92. The fraction of sp³-hybridized carbons (Fsp3) is 0.235. The van der Waals surface area contributed by atoms with E-state index >= 15 is 0 Å². The molecule has 148 valence electrons. The van der Waals surface area contributed by atoms with Gasteiger partial charge in [0.05, 0.1) is 4.88 Å². The molecule has 8 nitrogen and oxygen atoms in total. The molecule has 28 heavy (non-hydrogen) atoms. The average Bonchev–Trinajstić information content (AvgIpc) is 3.18. The van der Waals surface area contributed by atoms with E-state index in [0.29, 0.717) is 4.88 Å². The number of hydrogen-bond donors (Lipinski definition) is 2. The number of fused-ring (bicyclic) bond motifs is 1. The standard InChI is InChI=1S/C17H14F2N2O6S/c1-9-2-5-13(28-9)16(24)20-7-15(23)25-8-14(22)21-10-3-4-11-12(6-10)27-17(18,19)26-11/h2-6H,7-8H2,1H3,(H,20,24)(H,21,22). The maximum absolute atomic E-state index is 13.0. The van der Waals surface area contributed by atoms with Crippen LogP contribution in [-0.2, 0) is 14.3 Å². The quantitative estimate of drug-likeness (QED) is 0.706. The predicted octanol–water partition coefficient (Wildman–Crippen LogP) is 2.29. The smallest absolute Gasteiger partial charge is 0.454 e. The number of thiophene rings is 1. The van der Waals surface area contributed by atoms with Crippen LogP contribution in [0.1, 0.15) is 14.5 Å². The lowest BCUT2D eigenvalue weighted by Crippen LogP contribution is -2.31. The minimum Gasteiger partial charge on any atom is -0.454 e. The van der Waals surface area contributed by atoms with Crippen molar-refractivity contribution in [3.63, 3.8) is 0 Å². The molecular weight excluding hydrogens is 398 g/mol. The topological polar surface area (TPSA) is 103 Å². The Labute approximate surface area is 161 Å². The number of hydrogen-bond acceptors (Lipinski definition) is 7. The zero-order valence-corrected chi connectivity index (χ0v) is 15.2. The lowest BCUT2D eigenvalue weighted by Gasteiger charge is -2.07. The number of esters is 1. The molecule has 1 aliphatic heterocycles. The average molecular weight is 412 g/mol. The van der Waals surface area contributed by atoms with Gasteiger partial charge in [-0.25, -0.2) is 0 Å². The SMILES string of the molecule is Cc1ccc(C(=O)NCC(=O)OCC(=O)Nc2ccc3c(c2)OC(F)(F)O3)s1. The Morgan fingerprint density at radius 3 is 2.61 bits per heavy atom. The highest BCUT2D eigenvalue weighted by Gasteiger charge is 2.43. The number of benzene rings is 1. The zero-order valence-electron chi connectivity index (χ0n) is 14.4. The van der Waals surface area contributed by atoms with Crippen LogP contribution in [0.2, 0.25) is 0 Å². The van der Waals surface area contributed by atoms with E-state index in [1.807, 2.05) is 6.92 Å². The Bertz CT molecular complexity index is 930. The number of rotatable bonds is 6. The molecule has 3 rings (SSSR count). The van der Waals surface area contributed by atoms with Gasteiger partial charge in [0.1, 0.15) is 6.54 Å². The van der Waals surface area contributed by atoms with Crippen LogP contribution in [0, 0.1) is 6.92 Å². The van der Waals surface area contributed by atoms with Gasteiger partial charge < -0.3 is 24.8 Å². The maximum Gasteiger partial charge on any atom is 0.586 e. The molecule has 0 bridgehead atoms. The van der Waals surface area contributed by atoms with Gasteiger partial charge in [0.15, 0.2) is 18.1 Å². The van der Waals surface area contributed by atoms with Gasteiger partial charge in [0.25, 0.3) is 11.8 Å². The molecule has 0 unspecified atom stereocenters. The number of ether oxygens (including phenoxy) is 3. The second-order valence-electron chi connectivity index (χ2n) is 5.63. The largest absolute Gasteiger partial charge is 0.586 e. The van der Waals surface area contributed by atoms with Crippen molar-refractivity contribution in [3.05, 3.63) is 40.1 Å². The third kappa shape index (κ3) is 4.94. The molecule has 0 atom stereocenters. The second kappa shape index (κ2) is 7.80. The summed E-state index contributed by atoms with van der Waals surface area (Å²) in [6.45, 7) is 0.833. The molecule has 0 fully saturated rings. The number of amides is 2. The molecule has 1 aromatic heterocycles. The monoisotopic (exact) mass is 412 g/mol. The van der Waals surface area contributed by atoms with Crippen molar-refractivity contribution >= 4 is 34.8 Å². The van der Waals surface area contributed by atoms with E-state index in [4.69, 9.17) is 4.74 Å². The Morgan fingerprint density at radius 1 is 1.14 bits per heavy atom. The van der Waals surface area contributed by atoms with Crippen LogP contribution in [0.4, 0.5) is 14.5 Å². The first-order valence-electron chi connectivity index (χ1n) is 7.92. The molecule has 0 radical (unpaired) electrons. The first-order chi connectivity index (χ1) is 13.2. The highest BCUT2D eigenvalue weighted by atomic mass is 32.1. The lowest BCUT2D eigenvalue weighted by molar-refractivity contribution is -0.286. The van der Waals surface area contributed by atoms with Crippen molar-refractivity contribution in [1.82, 2.24) is 5.32 Å². The van der Waals surface area contributed by atoms with E-state index in [1.54, 1.807) is 12.1 Å². The van der Waals surface area contributed by atoms with Gasteiger partial charge in [0.2, 0.25) is 0 Å². The molecule has 0 saturated carbocycles. The summed E-state index contributed by atoms with van der Waals surface area (Å²) in [7, 11) is 0. The summed E-state index contributed by atoms with van der Waals surface area (Å²) in [5.41, 5.74) is 0.155. The van der Waals surface area contributed by atoms with E-state index in [9.17, 15) is 23.2 Å². The van der Waals surface area contributed by atoms with E-state index in [2.05, 4.69) is 20.1 Å². The molecule has 0 spiro atoms. The minimum atomic E-state index is -3.76. The first-order valence-corrected chi connectivity index (χ1v) is 8.73. The maximum atomic E-state index is 13.0. The number of carbonyl (C=O) groups excluding carboxylic acids is 3. The van der Waals surface area contributed by atoms with Gasteiger partial charge in [-0.2, -0.15) is 0 Å². The third-order valence-corrected chi connectivity index (χ3v) is 4.41. The van der Waals surface area contributed by atoms with Crippen LogP contribution in [0.15, 0.2) is 30.3 Å². The Hall–Kier alpha value is -3.21. The number of nitrogens with one attached hydrogen (secondary N) is 2. The predicted molar refractivity (Wildman–Crippen MR) is 93.6 cm³/mol. The fourth-order valence-corrected chi connectivity index (χ4v) is 3.00. The summed E-state index contributed by atoms with van der Waals surface area (Å²) in [6.07, 6.45) is -3.76. The van der Waals surface area contributed by atoms with Gasteiger partial charge in [-0.15, -0.1) is 20.1 Å². The molecule has 0 saturated heterocycles. The van der Waals surface area contributed by atoms with Crippen molar-refractivity contribution in [1.29, 1.82) is 0 Å². The van der Waals surface area contributed by atoms with Gasteiger partial charge in [-0.3, -0.25) is 14.4 Å². The highest BCUT2D eigenvalue weighted by Crippen LogP contribution is 2.42. The Morgan fingerprint density at radius 2 is 1.89 bits per heavy atom. The van der Waals surface area contributed by atoms with Gasteiger partial charge in [0, 0.05) is 16.6 Å². The van der Waals surface area contributed by atoms with E-state index in [0.717, 1.165) is 10.9 Å². The molecule has 2 aromatic rings. The number of halogens is 2. The summed E-state index contributed by atoms with van der Waals surface area (Å²) in [5, 5.41) is 4.75. The summed E-state index contributed by atoms with van der Waals surface area (Å²) in [5.74, 6) is -2.31. The number of aryl methyl sites for hydroxylation is 1. The van der Waals surface area contributed by atoms with Crippen molar-refractivity contribution < 1.29 is 37.4 Å². The van der Waals surface area contributed by atoms with Gasteiger partial charge in [-0.1, -0.05) is 0 Å². The van der Waals surface area contributed by atoms with Crippen molar-refractivity contribution in [2.24, 2.45) is 0 Å². The van der Waals surface area contributed by atoms with Crippen LogP contribution in [0.25, 0.3) is 0 Å². The summed E-state index contributed by atoms with van der Waals surface area (Å²) in [4.78, 5) is 36.7. The molecule has 1 aromatic carbocycles. The summed E-state index contributed by atoms with van der Waals surface area (Å²) < 4.78 is 39.2. The third-order valence-electron chi connectivity index (χ3n) is 3.41. The number of carbonyl (C=O) groups is 3. The van der Waals surface area contributed by atoms with E-state index in [1.165, 1.54) is 23.5 Å². The number of anilines is 1. The van der Waals surface area contributed by atoms with Crippen LogP contribution in [-0.4, -0.2) is 37.2 Å². The zero-order chi connectivity index (χ0) is 20.3. The molecule has 0 aliphatic carbocycles. The molecule has 2 heterocycles. The van der Waals surface area contributed by atoms with Crippen molar-refractivity contribution in [2.75, 3.05) is 18.5 Å². The molecule has 1 aliphatic rings. The van der Waals surface area contributed by atoms with E-state index in [-0.39, 0.29) is 17.2 Å². The van der Waals surface area contributed by atoms with Crippen LogP contribution < -0.4 is 20.1 Å². The number of alkyl halides is 2. The highest BCUT2D eigenvalue weighted by molar-refractivity contribution is 7.13. The van der Waals surface area contributed by atoms with E-state index < -0.39 is 37.2 Å². The van der Waals surface area contributed by atoms with Crippen LogP contribution >= 0.6 is 11.3 Å².